The third kappa shape index (κ3) is 2.64. The van der Waals surface area contributed by atoms with Gasteiger partial charge in [-0.3, -0.25) is 9.78 Å². The Morgan fingerprint density at radius 3 is 2.83 bits per heavy atom. The average molecular weight is 320 g/mol. The maximum absolute atomic E-state index is 12.5. The van der Waals surface area contributed by atoms with Crippen LogP contribution in [0, 0.1) is 0 Å². The minimum atomic E-state index is -0.0834. The summed E-state index contributed by atoms with van der Waals surface area (Å²) in [6, 6.07) is 10.1. The molecule has 1 saturated heterocycles. The number of hydrogen-bond acceptors (Lipinski definition) is 5. The van der Waals surface area contributed by atoms with Crippen LogP contribution in [0.15, 0.2) is 55.2 Å². The Balaban J connectivity index is 1.54. The SMILES string of the molecule is O=C(c1cnccn1)N1CC[C@H](n2cnnc2-c2ccccc2)C1. The molecule has 0 saturated carbocycles. The largest absolute Gasteiger partial charge is 0.335 e. The van der Waals surface area contributed by atoms with Crippen molar-refractivity contribution >= 4 is 5.91 Å². The Bertz CT molecular complexity index is 833. The highest BCUT2D eigenvalue weighted by Gasteiger charge is 2.30. The lowest BCUT2D eigenvalue weighted by Crippen LogP contribution is -2.29. The molecule has 0 radical (unpaired) electrons. The molecule has 1 aromatic carbocycles. The Labute approximate surface area is 139 Å². The van der Waals surface area contributed by atoms with Crippen LogP contribution in [0.5, 0.6) is 0 Å². The molecule has 2 aromatic heterocycles. The molecule has 0 aliphatic carbocycles. The molecule has 0 bridgehead atoms. The van der Waals surface area contributed by atoms with Crippen LogP contribution in [0.2, 0.25) is 0 Å². The summed E-state index contributed by atoms with van der Waals surface area (Å²) in [4.78, 5) is 22.4. The molecule has 24 heavy (non-hydrogen) atoms. The van der Waals surface area contributed by atoms with Crippen molar-refractivity contribution in [2.24, 2.45) is 0 Å². The van der Waals surface area contributed by atoms with Crippen LogP contribution in [0.4, 0.5) is 0 Å². The van der Waals surface area contributed by atoms with Gasteiger partial charge in [-0.05, 0) is 6.42 Å². The number of hydrogen-bond donors (Lipinski definition) is 0. The van der Waals surface area contributed by atoms with Crippen molar-refractivity contribution in [2.45, 2.75) is 12.5 Å². The van der Waals surface area contributed by atoms with Crippen LogP contribution in [0.25, 0.3) is 11.4 Å². The van der Waals surface area contributed by atoms with Gasteiger partial charge in [-0.15, -0.1) is 10.2 Å². The van der Waals surface area contributed by atoms with Crippen molar-refractivity contribution in [2.75, 3.05) is 13.1 Å². The third-order valence-electron chi connectivity index (χ3n) is 4.23. The molecule has 1 fully saturated rings. The van der Waals surface area contributed by atoms with Gasteiger partial charge < -0.3 is 9.47 Å². The first-order chi connectivity index (χ1) is 11.8. The van der Waals surface area contributed by atoms with Crippen LogP contribution in [-0.2, 0) is 0 Å². The zero-order valence-corrected chi connectivity index (χ0v) is 13.0. The van der Waals surface area contributed by atoms with Crippen LogP contribution >= 0.6 is 0 Å². The third-order valence-corrected chi connectivity index (χ3v) is 4.23. The molecule has 1 aliphatic heterocycles. The summed E-state index contributed by atoms with van der Waals surface area (Å²) in [5.74, 6) is 0.745. The zero-order chi connectivity index (χ0) is 16.4. The molecule has 0 spiro atoms. The lowest BCUT2D eigenvalue weighted by molar-refractivity contribution is 0.0781. The van der Waals surface area contributed by atoms with E-state index in [1.165, 1.54) is 12.4 Å². The van der Waals surface area contributed by atoms with Gasteiger partial charge in [-0.2, -0.15) is 0 Å². The smallest absolute Gasteiger partial charge is 0.274 e. The molecule has 1 amide bonds. The van der Waals surface area contributed by atoms with E-state index in [1.54, 1.807) is 12.5 Å². The van der Waals surface area contributed by atoms with E-state index in [4.69, 9.17) is 0 Å². The molecule has 120 valence electrons. The van der Waals surface area contributed by atoms with Gasteiger partial charge in [0, 0.05) is 31.0 Å². The summed E-state index contributed by atoms with van der Waals surface area (Å²) in [5, 5.41) is 8.30. The summed E-state index contributed by atoms with van der Waals surface area (Å²) in [7, 11) is 0. The maximum Gasteiger partial charge on any atom is 0.274 e. The predicted octanol–water partition coefficient (Wildman–Crippen LogP) is 1.82. The summed E-state index contributed by atoms with van der Waals surface area (Å²) >= 11 is 0. The van der Waals surface area contributed by atoms with Crippen LogP contribution in [0.3, 0.4) is 0 Å². The van der Waals surface area contributed by atoms with Crippen LogP contribution < -0.4 is 0 Å². The van der Waals surface area contributed by atoms with Crippen LogP contribution in [-0.4, -0.2) is 48.6 Å². The molecule has 1 atom stereocenters. The first-order valence-electron chi connectivity index (χ1n) is 7.83. The molecule has 1 aliphatic rings. The molecule has 0 N–H and O–H groups in total. The Morgan fingerprint density at radius 2 is 2.04 bits per heavy atom. The van der Waals surface area contributed by atoms with E-state index in [-0.39, 0.29) is 11.9 Å². The molecule has 4 rings (SSSR count). The van der Waals surface area contributed by atoms with Crippen molar-refractivity contribution in [1.29, 1.82) is 0 Å². The molecule has 0 unspecified atom stereocenters. The fourth-order valence-corrected chi connectivity index (χ4v) is 3.03. The van der Waals surface area contributed by atoms with Gasteiger partial charge in [0.2, 0.25) is 0 Å². The summed E-state index contributed by atoms with van der Waals surface area (Å²) < 4.78 is 2.05. The standard InChI is InChI=1S/C17H16N6O/c24-17(15-10-18-7-8-19-15)22-9-6-14(11-22)23-12-20-21-16(23)13-4-2-1-3-5-13/h1-5,7-8,10,12,14H,6,9,11H2/t14-/m0/s1. The number of rotatable bonds is 3. The number of likely N-dealkylation sites (tertiary alicyclic amines) is 1. The first kappa shape index (κ1) is 14.5. The summed E-state index contributed by atoms with van der Waals surface area (Å²) in [6.07, 6.45) is 7.21. The average Bonchev–Trinajstić information content (AvgIpc) is 3.32. The molecule has 7 heteroatoms. The lowest BCUT2D eigenvalue weighted by Gasteiger charge is -2.17. The Kier molecular flexibility index (Phi) is 3.74. The van der Waals surface area contributed by atoms with Gasteiger partial charge in [-0.25, -0.2) is 4.98 Å². The second kappa shape index (κ2) is 6.19. The highest BCUT2D eigenvalue weighted by atomic mass is 16.2. The van der Waals surface area contributed by atoms with E-state index in [0.29, 0.717) is 18.8 Å². The van der Waals surface area contributed by atoms with Gasteiger partial charge >= 0.3 is 0 Å². The molecule has 7 nitrogen and oxygen atoms in total. The summed E-state index contributed by atoms with van der Waals surface area (Å²) in [5.41, 5.74) is 1.40. The second-order valence-corrected chi connectivity index (χ2v) is 5.71. The Hall–Kier alpha value is -3.09. The number of aromatic nitrogens is 5. The molecular formula is C17H16N6O. The fraction of sp³-hybridized carbons (Fsp3) is 0.235. The molecular weight excluding hydrogens is 304 g/mol. The topological polar surface area (TPSA) is 76.8 Å². The number of benzene rings is 1. The maximum atomic E-state index is 12.5. The normalized spacial score (nSPS) is 17.2. The van der Waals surface area contributed by atoms with Gasteiger partial charge in [0.25, 0.3) is 5.91 Å². The van der Waals surface area contributed by atoms with Crippen molar-refractivity contribution in [3.63, 3.8) is 0 Å². The quantitative estimate of drug-likeness (QED) is 0.736. The predicted molar refractivity (Wildman–Crippen MR) is 87.0 cm³/mol. The van der Waals surface area contributed by atoms with Crippen molar-refractivity contribution in [3.05, 3.63) is 60.9 Å². The Morgan fingerprint density at radius 1 is 1.17 bits per heavy atom. The monoisotopic (exact) mass is 320 g/mol. The highest BCUT2D eigenvalue weighted by Crippen LogP contribution is 2.27. The number of amides is 1. The highest BCUT2D eigenvalue weighted by molar-refractivity contribution is 5.92. The second-order valence-electron chi connectivity index (χ2n) is 5.71. The van der Waals surface area contributed by atoms with E-state index in [0.717, 1.165) is 17.8 Å². The van der Waals surface area contributed by atoms with Gasteiger partial charge in [0.15, 0.2) is 5.82 Å². The lowest BCUT2D eigenvalue weighted by atomic mass is 10.2. The zero-order valence-electron chi connectivity index (χ0n) is 13.0. The van der Waals surface area contributed by atoms with Crippen molar-refractivity contribution < 1.29 is 4.79 Å². The molecule has 3 heterocycles. The minimum Gasteiger partial charge on any atom is -0.335 e. The summed E-state index contributed by atoms with van der Waals surface area (Å²) in [6.45, 7) is 1.31. The number of nitrogens with zero attached hydrogens (tertiary/aromatic N) is 6. The van der Waals surface area contributed by atoms with Crippen molar-refractivity contribution in [3.8, 4) is 11.4 Å². The van der Waals surface area contributed by atoms with E-state index in [2.05, 4.69) is 24.7 Å². The van der Waals surface area contributed by atoms with E-state index < -0.39 is 0 Å². The molecule has 3 aromatic rings. The van der Waals surface area contributed by atoms with E-state index in [9.17, 15) is 4.79 Å². The number of carbonyl (C=O) groups is 1. The first-order valence-corrected chi connectivity index (χ1v) is 7.83. The van der Waals surface area contributed by atoms with E-state index >= 15 is 0 Å². The van der Waals surface area contributed by atoms with Gasteiger partial charge in [0.1, 0.15) is 12.0 Å². The van der Waals surface area contributed by atoms with Crippen LogP contribution in [0.1, 0.15) is 23.0 Å². The fourth-order valence-electron chi connectivity index (χ4n) is 3.03. The van der Waals surface area contributed by atoms with Gasteiger partial charge in [-0.1, -0.05) is 30.3 Å². The number of carbonyl (C=O) groups excluding carboxylic acids is 1. The van der Waals surface area contributed by atoms with E-state index in [1.807, 2.05) is 35.2 Å². The van der Waals surface area contributed by atoms with Gasteiger partial charge in [0.05, 0.1) is 12.2 Å². The minimum absolute atomic E-state index is 0.0834. The van der Waals surface area contributed by atoms with Crippen molar-refractivity contribution in [1.82, 2.24) is 29.6 Å².